The molecule has 6 rings (SSSR count). The monoisotopic (exact) mass is 593 g/mol. The highest BCUT2D eigenvalue weighted by atomic mass is 32.2. The fraction of sp³-hybridized carbons (Fsp3) is 0.367. The number of nitrogens with zero attached hydrogens (tertiary/aromatic N) is 3. The number of amides is 1. The lowest BCUT2D eigenvalue weighted by Crippen LogP contribution is -2.34. The molecule has 2 aromatic rings. The highest BCUT2D eigenvalue weighted by molar-refractivity contribution is 8.30. The molecular formula is C30H31N3O2S4. The third kappa shape index (κ3) is 4.71. The van der Waals surface area contributed by atoms with Crippen LogP contribution in [-0.2, 0) is 11.3 Å². The summed E-state index contributed by atoms with van der Waals surface area (Å²) in [6.45, 7) is 8.10. The van der Waals surface area contributed by atoms with Gasteiger partial charge in [0.25, 0.3) is 11.5 Å². The molecule has 39 heavy (non-hydrogen) atoms. The van der Waals surface area contributed by atoms with Gasteiger partial charge in [0.2, 0.25) is 0 Å². The van der Waals surface area contributed by atoms with E-state index < -0.39 is 0 Å². The Labute approximate surface area is 246 Å². The maximum atomic E-state index is 13.6. The van der Waals surface area contributed by atoms with Gasteiger partial charge in [0.15, 0.2) is 0 Å². The molecular weight excluding hydrogens is 563 g/mol. The van der Waals surface area contributed by atoms with Crippen molar-refractivity contribution in [1.82, 2.24) is 9.47 Å². The average Bonchev–Trinajstić information content (AvgIpc) is 3.57. The number of aromatic nitrogens is 1. The minimum atomic E-state index is -0.0875. The van der Waals surface area contributed by atoms with Crippen LogP contribution >= 0.6 is 47.1 Å². The van der Waals surface area contributed by atoms with Gasteiger partial charge in [-0.15, -0.1) is 11.3 Å². The van der Waals surface area contributed by atoms with Crippen LogP contribution in [0.1, 0.15) is 46.5 Å². The molecule has 1 aromatic carbocycles. The van der Waals surface area contributed by atoms with Crippen molar-refractivity contribution < 1.29 is 4.79 Å². The lowest BCUT2D eigenvalue weighted by molar-refractivity contribution is -0.120. The Balaban J connectivity index is 1.41. The van der Waals surface area contributed by atoms with E-state index in [0.29, 0.717) is 28.2 Å². The molecule has 4 aliphatic rings. The standard InChI is InChI=1S/C30H31N3O2S4/c1-4-31-22-9-7-8-10-23(22)37-24(31)16-18-11-12-19-13-14-20(17-21(19)15-18)25-27(34)32(5-2)29(38-25)26-28(35)33(6-3)30(36)39-26/h7-10,15-17,19H,4-6,11-14H2,1-3H3. The van der Waals surface area contributed by atoms with Crippen LogP contribution in [0.2, 0.25) is 0 Å². The van der Waals surface area contributed by atoms with Crippen molar-refractivity contribution in [1.29, 1.82) is 0 Å². The number of para-hydroxylation sites is 1. The molecule has 3 heterocycles. The first-order chi connectivity index (χ1) is 18.9. The van der Waals surface area contributed by atoms with Crippen molar-refractivity contribution in [3.8, 4) is 0 Å². The van der Waals surface area contributed by atoms with E-state index in [1.807, 2.05) is 25.6 Å². The lowest BCUT2D eigenvalue weighted by Gasteiger charge is -2.28. The first-order valence-corrected chi connectivity index (χ1v) is 16.5. The lowest BCUT2D eigenvalue weighted by atomic mass is 9.77. The molecule has 2 aliphatic heterocycles. The summed E-state index contributed by atoms with van der Waals surface area (Å²) in [5, 5.41) is 1.28. The number of thiazole rings is 1. The van der Waals surface area contributed by atoms with Crippen molar-refractivity contribution in [2.24, 2.45) is 5.92 Å². The molecule has 1 amide bonds. The quantitative estimate of drug-likeness (QED) is 0.430. The van der Waals surface area contributed by atoms with Crippen LogP contribution in [0, 0.1) is 5.92 Å². The fourth-order valence-electron chi connectivity index (χ4n) is 5.79. The van der Waals surface area contributed by atoms with Crippen LogP contribution in [-0.4, -0.2) is 32.8 Å². The smallest absolute Gasteiger partial charge is 0.269 e. The van der Waals surface area contributed by atoms with E-state index in [9.17, 15) is 9.59 Å². The van der Waals surface area contributed by atoms with Gasteiger partial charge < -0.3 is 4.90 Å². The molecule has 1 fully saturated rings. The number of thioether (sulfide) groups is 2. The van der Waals surface area contributed by atoms with Crippen molar-refractivity contribution in [2.45, 2.75) is 57.9 Å². The zero-order valence-corrected chi connectivity index (χ0v) is 25.6. The summed E-state index contributed by atoms with van der Waals surface area (Å²) < 4.78 is 3.82. The summed E-state index contributed by atoms with van der Waals surface area (Å²) in [5.41, 5.74) is 5.07. The number of anilines is 1. The molecule has 0 bridgehead atoms. The molecule has 5 nitrogen and oxygen atoms in total. The predicted molar refractivity (Wildman–Crippen MR) is 169 cm³/mol. The van der Waals surface area contributed by atoms with Gasteiger partial charge in [0.1, 0.15) is 13.9 Å². The Morgan fingerprint density at radius 2 is 1.74 bits per heavy atom. The van der Waals surface area contributed by atoms with Crippen LogP contribution in [0.15, 0.2) is 68.4 Å². The Hall–Kier alpha value is -2.33. The number of carbonyl (C=O) groups is 1. The van der Waals surface area contributed by atoms with Crippen molar-refractivity contribution in [3.63, 3.8) is 0 Å². The van der Waals surface area contributed by atoms with Crippen LogP contribution in [0.25, 0.3) is 10.5 Å². The van der Waals surface area contributed by atoms with Gasteiger partial charge in [-0.05, 0) is 87.3 Å². The zero-order chi connectivity index (χ0) is 27.3. The summed E-state index contributed by atoms with van der Waals surface area (Å²) in [6.07, 6.45) is 11.1. The summed E-state index contributed by atoms with van der Waals surface area (Å²) in [4.78, 5) is 32.5. The Bertz CT molecular complexity index is 1660. The fourth-order valence-corrected chi connectivity index (χ4v) is 9.78. The summed E-state index contributed by atoms with van der Waals surface area (Å²) >= 11 is 10.1. The molecule has 2 aliphatic carbocycles. The van der Waals surface area contributed by atoms with Crippen molar-refractivity contribution in [2.75, 3.05) is 18.0 Å². The largest absolute Gasteiger partial charge is 0.335 e. The Morgan fingerprint density at radius 3 is 2.49 bits per heavy atom. The van der Waals surface area contributed by atoms with E-state index >= 15 is 0 Å². The molecule has 0 spiro atoms. The number of fused-ring (bicyclic) bond motifs is 2. The van der Waals surface area contributed by atoms with E-state index in [4.69, 9.17) is 12.2 Å². The van der Waals surface area contributed by atoms with Crippen LogP contribution in [0.5, 0.6) is 0 Å². The maximum Gasteiger partial charge on any atom is 0.269 e. The Kier molecular flexibility index (Phi) is 7.52. The molecule has 0 N–H and O–H groups in total. The van der Waals surface area contributed by atoms with Crippen molar-refractivity contribution in [3.05, 3.63) is 78.2 Å². The SMILES string of the molecule is CCN1C(=O)C(=c2sc(=C3C=C4C=C(C=C5Sc6ccccc6N5CC)CCC4CC3)c(=O)n2CC)SC1=S. The molecule has 1 aromatic heterocycles. The highest BCUT2D eigenvalue weighted by Crippen LogP contribution is 2.47. The topological polar surface area (TPSA) is 45.6 Å². The number of carbonyl (C=O) groups excluding carboxylic acids is 1. The molecule has 1 unspecified atom stereocenters. The predicted octanol–water partition coefficient (Wildman–Crippen LogP) is 5.60. The molecule has 1 saturated heterocycles. The number of hydrogen-bond donors (Lipinski definition) is 0. The second kappa shape index (κ2) is 10.9. The second-order valence-electron chi connectivity index (χ2n) is 9.99. The van der Waals surface area contributed by atoms with E-state index in [-0.39, 0.29) is 11.5 Å². The van der Waals surface area contributed by atoms with Crippen LogP contribution in [0.3, 0.4) is 0 Å². The number of rotatable bonds is 4. The van der Waals surface area contributed by atoms with Crippen LogP contribution in [0.4, 0.5) is 5.69 Å². The van der Waals surface area contributed by atoms with Gasteiger partial charge in [0.05, 0.1) is 15.2 Å². The third-order valence-electron chi connectivity index (χ3n) is 7.82. The van der Waals surface area contributed by atoms with E-state index in [1.165, 1.54) is 49.9 Å². The van der Waals surface area contributed by atoms with E-state index in [1.54, 1.807) is 9.47 Å². The number of thiocarbonyl (C=S) groups is 1. The molecule has 0 saturated carbocycles. The number of allylic oxidation sites excluding steroid dienone is 5. The average molecular weight is 594 g/mol. The molecule has 1 atom stereocenters. The molecule has 202 valence electrons. The van der Waals surface area contributed by atoms with Crippen LogP contribution < -0.4 is 19.7 Å². The normalized spacial score (nSPS) is 24.8. The third-order valence-corrected chi connectivity index (χ3v) is 11.8. The van der Waals surface area contributed by atoms with E-state index in [2.05, 4.69) is 54.3 Å². The van der Waals surface area contributed by atoms with Gasteiger partial charge in [-0.1, -0.05) is 60.0 Å². The second-order valence-corrected chi connectivity index (χ2v) is 13.7. The minimum absolute atomic E-state index is 0.00500. The zero-order valence-electron chi connectivity index (χ0n) is 22.4. The molecule has 0 radical (unpaired) electrons. The van der Waals surface area contributed by atoms with Gasteiger partial charge in [-0.3, -0.25) is 19.1 Å². The number of benzene rings is 1. The van der Waals surface area contributed by atoms with E-state index in [0.717, 1.165) is 47.0 Å². The Morgan fingerprint density at radius 1 is 0.974 bits per heavy atom. The number of hydrogen-bond acceptors (Lipinski definition) is 7. The maximum absolute atomic E-state index is 13.6. The summed E-state index contributed by atoms with van der Waals surface area (Å²) in [7, 11) is 0. The summed E-state index contributed by atoms with van der Waals surface area (Å²) in [6, 6.07) is 8.61. The van der Waals surface area contributed by atoms with Gasteiger partial charge in [-0.25, -0.2) is 0 Å². The summed E-state index contributed by atoms with van der Waals surface area (Å²) in [5.74, 6) is 0.451. The first-order valence-electron chi connectivity index (χ1n) is 13.6. The molecule has 9 heteroatoms. The minimum Gasteiger partial charge on any atom is -0.335 e. The van der Waals surface area contributed by atoms with Gasteiger partial charge in [-0.2, -0.15) is 0 Å². The van der Waals surface area contributed by atoms with Gasteiger partial charge >= 0.3 is 0 Å². The van der Waals surface area contributed by atoms with Gasteiger partial charge in [0, 0.05) is 24.5 Å². The highest BCUT2D eigenvalue weighted by Gasteiger charge is 2.33. The van der Waals surface area contributed by atoms with Crippen molar-refractivity contribution >= 4 is 73.5 Å². The first kappa shape index (κ1) is 26.9.